The predicted octanol–water partition coefficient (Wildman–Crippen LogP) is 0.352. The van der Waals surface area contributed by atoms with E-state index in [1.165, 1.54) is 38.3 Å². The number of nitrogens with zero attached hydrogens (tertiary/aromatic N) is 1. The molecular formula is C14H22N4O3. The van der Waals surface area contributed by atoms with Crippen LogP contribution in [0.5, 0.6) is 0 Å². The molecule has 0 aromatic heterocycles. The van der Waals surface area contributed by atoms with Crippen molar-refractivity contribution in [2.75, 3.05) is 13.1 Å². The lowest BCUT2D eigenvalue weighted by atomic mass is 9.95. The second kappa shape index (κ2) is 7.87. The molecule has 1 heterocycles. The number of aliphatic imine (C=N–C) groups is 1. The third-order valence-corrected chi connectivity index (χ3v) is 3.80. The monoisotopic (exact) mass is 294 g/mol. The molecule has 1 saturated carbocycles. The second-order valence-electron chi connectivity index (χ2n) is 5.48. The van der Waals surface area contributed by atoms with E-state index in [1.807, 2.05) is 10.6 Å². The van der Waals surface area contributed by atoms with E-state index in [2.05, 4.69) is 10.3 Å². The molecule has 0 bridgehead atoms. The predicted molar refractivity (Wildman–Crippen MR) is 78.0 cm³/mol. The third-order valence-electron chi connectivity index (χ3n) is 3.80. The SMILES string of the molecule is O=C1NC(=O)C(C=NCCCNC2CCCCC2)C(=O)N1. The lowest BCUT2D eigenvalue weighted by Gasteiger charge is -2.22. The van der Waals surface area contributed by atoms with Crippen LogP contribution in [-0.2, 0) is 9.59 Å². The molecule has 116 valence electrons. The van der Waals surface area contributed by atoms with Gasteiger partial charge in [-0.05, 0) is 25.8 Å². The summed E-state index contributed by atoms with van der Waals surface area (Å²) in [5, 5.41) is 7.59. The molecule has 2 aliphatic rings. The summed E-state index contributed by atoms with van der Waals surface area (Å²) in [5.74, 6) is -2.24. The van der Waals surface area contributed by atoms with Crippen molar-refractivity contribution in [3.8, 4) is 0 Å². The molecule has 4 amide bonds. The molecule has 0 atom stereocenters. The number of hydrogen-bond acceptors (Lipinski definition) is 5. The highest BCUT2D eigenvalue weighted by atomic mass is 16.2. The van der Waals surface area contributed by atoms with Gasteiger partial charge in [-0.2, -0.15) is 0 Å². The summed E-state index contributed by atoms with van der Waals surface area (Å²) in [6.45, 7) is 1.45. The number of carbonyl (C=O) groups excluding carboxylic acids is 3. The Morgan fingerprint density at radius 3 is 2.43 bits per heavy atom. The number of nitrogens with one attached hydrogen (secondary N) is 3. The van der Waals surface area contributed by atoms with Gasteiger partial charge in [0.1, 0.15) is 0 Å². The van der Waals surface area contributed by atoms with Crippen molar-refractivity contribution >= 4 is 24.1 Å². The van der Waals surface area contributed by atoms with Crippen LogP contribution in [0.3, 0.4) is 0 Å². The van der Waals surface area contributed by atoms with Crippen LogP contribution >= 0.6 is 0 Å². The molecule has 3 N–H and O–H groups in total. The number of rotatable bonds is 6. The number of hydrogen-bond donors (Lipinski definition) is 3. The van der Waals surface area contributed by atoms with Crippen LogP contribution < -0.4 is 16.0 Å². The fourth-order valence-corrected chi connectivity index (χ4v) is 2.63. The van der Waals surface area contributed by atoms with E-state index in [0.29, 0.717) is 12.6 Å². The quantitative estimate of drug-likeness (QED) is 0.374. The van der Waals surface area contributed by atoms with Gasteiger partial charge in [0.2, 0.25) is 11.8 Å². The van der Waals surface area contributed by atoms with E-state index in [0.717, 1.165) is 13.0 Å². The second-order valence-corrected chi connectivity index (χ2v) is 5.48. The first kappa shape index (κ1) is 15.6. The molecule has 1 saturated heterocycles. The summed E-state index contributed by atoms with van der Waals surface area (Å²) in [5.41, 5.74) is 0. The zero-order valence-electron chi connectivity index (χ0n) is 12.1. The zero-order valence-corrected chi connectivity index (χ0v) is 12.1. The number of imide groups is 2. The van der Waals surface area contributed by atoms with Crippen LogP contribution in [0, 0.1) is 5.92 Å². The summed E-state index contributed by atoms with van der Waals surface area (Å²) < 4.78 is 0. The number of carbonyl (C=O) groups is 3. The summed E-state index contributed by atoms with van der Waals surface area (Å²) in [4.78, 5) is 37.9. The average molecular weight is 294 g/mol. The topological polar surface area (TPSA) is 99.7 Å². The van der Waals surface area contributed by atoms with E-state index in [-0.39, 0.29) is 0 Å². The van der Waals surface area contributed by atoms with Gasteiger partial charge < -0.3 is 5.32 Å². The Morgan fingerprint density at radius 2 is 1.76 bits per heavy atom. The van der Waals surface area contributed by atoms with Crippen LogP contribution in [0.1, 0.15) is 38.5 Å². The Bertz CT molecular complexity index is 410. The Hall–Kier alpha value is -1.76. The molecule has 7 heteroatoms. The van der Waals surface area contributed by atoms with Gasteiger partial charge in [-0.25, -0.2) is 4.79 Å². The van der Waals surface area contributed by atoms with Crippen molar-refractivity contribution in [3.05, 3.63) is 0 Å². The van der Waals surface area contributed by atoms with E-state index >= 15 is 0 Å². The first-order valence-corrected chi connectivity index (χ1v) is 7.56. The maximum atomic E-state index is 11.4. The van der Waals surface area contributed by atoms with Gasteiger partial charge >= 0.3 is 6.03 Å². The van der Waals surface area contributed by atoms with Crippen molar-refractivity contribution < 1.29 is 14.4 Å². The Balaban J connectivity index is 1.62. The van der Waals surface area contributed by atoms with Crippen LogP contribution in [0.25, 0.3) is 0 Å². The molecule has 7 nitrogen and oxygen atoms in total. The molecule has 0 spiro atoms. The standard InChI is InChI=1S/C14H22N4O3/c19-12-11(13(20)18-14(21)17-12)9-15-7-4-8-16-10-5-2-1-3-6-10/h9-11,16H,1-8H2,(H2,17,18,19,20,21). The minimum absolute atomic E-state index is 0.560. The van der Waals surface area contributed by atoms with Crippen molar-refractivity contribution in [1.29, 1.82) is 0 Å². The van der Waals surface area contributed by atoms with Crippen LogP contribution in [0.15, 0.2) is 4.99 Å². The Kier molecular flexibility index (Phi) is 5.86. The zero-order chi connectivity index (χ0) is 15.1. The summed E-state index contributed by atoms with van der Waals surface area (Å²) in [7, 11) is 0. The fraction of sp³-hybridized carbons (Fsp3) is 0.714. The maximum Gasteiger partial charge on any atom is 0.328 e. The highest BCUT2D eigenvalue weighted by molar-refractivity contribution is 6.23. The van der Waals surface area contributed by atoms with Gasteiger partial charge in [0.05, 0.1) is 0 Å². The van der Waals surface area contributed by atoms with E-state index in [1.54, 1.807) is 0 Å². The third kappa shape index (κ3) is 4.93. The van der Waals surface area contributed by atoms with Crippen LogP contribution in [-0.4, -0.2) is 43.2 Å². The van der Waals surface area contributed by atoms with Gasteiger partial charge in [0, 0.05) is 18.8 Å². The summed E-state index contributed by atoms with van der Waals surface area (Å²) in [6, 6.07) is -0.144. The number of amides is 4. The lowest BCUT2D eigenvalue weighted by Crippen LogP contribution is -2.56. The molecule has 2 fully saturated rings. The van der Waals surface area contributed by atoms with Crippen molar-refractivity contribution in [3.63, 3.8) is 0 Å². The van der Waals surface area contributed by atoms with E-state index in [9.17, 15) is 14.4 Å². The van der Waals surface area contributed by atoms with Gasteiger partial charge in [0.25, 0.3) is 0 Å². The highest BCUT2D eigenvalue weighted by Crippen LogP contribution is 2.17. The van der Waals surface area contributed by atoms with Crippen LogP contribution in [0.4, 0.5) is 4.79 Å². The normalized spacial score (nSPS) is 21.6. The highest BCUT2D eigenvalue weighted by Gasteiger charge is 2.32. The average Bonchev–Trinajstić information content (AvgIpc) is 2.45. The van der Waals surface area contributed by atoms with E-state index < -0.39 is 23.8 Å². The van der Waals surface area contributed by atoms with Gasteiger partial charge in [-0.3, -0.25) is 25.2 Å². The lowest BCUT2D eigenvalue weighted by molar-refractivity contribution is -0.132. The van der Waals surface area contributed by atoms with Gasteiger partial charge in [-0.15, -0.1) is 0 Å². The Morgan fingerprint density at radius 1 is 1.10 bits per heavy atom. The molecule has 0 radical (unpaired) electrons. The fourth-order valence-electron chi connectivity index (χ4n) is 2.63. The van der Waals surface area contributed by atoms with E-state index in [4.69, 9.17) is 0 Å². The molecule has 0 aromatic rings. The van der Waals surface area contributed by atoms with Gasteiger partial charge in [-0.1, -0.05) is 19.3 Å². The van der Waals surface area contributed by atoms with Crippen molar-refractivity contribution in [2.45, 2.75) is 44.6 Å². The van der Waals surface area contributed by atoms with Crippen molar-refractivity contribution in [2.24, 2.45) is 10.9 Å². The minimum Gasteiger partial charge on any atom is -0.314 e. The maximum absolute atomic E-state index is 11.4. The van der Waals surface area contributed by atoms with Gasteiger partial charge in [0.15, 0.2) is 5.92 Å². The summed E-state index contributed by atoms with van der Waals surface area (Å²) in [6.07, 6.45) is 8.64. The molecule has 0 unspecified atom stereocenters. The first-order chi connectivity index (χ1) is 10.2. The molecule has 2 rings (SSSR count). The number of barbiturate groups is 1. The molecule has 21 heavy (non-hydrogen) atoms. The molecule has 0 aromatic carbocycles. The smallest absolute Gasteiger partial charge is 0.314 e. The van der Waals surface area contributed by atoms with Crippen molar-refractivity contribution in [1.82, 2.24) is 16.0 Å². The molecular weight excluding hydrogens is 272 g/mol. The number of urea groups is 1. The molecule has 1 aliphatic carbocycles. The van der Waals surface area contributed by atoms with Crippen LogP contribution in [0.2, 0.25) is 0 Å². The first-order valence-electron chi connectivity index (χ1n) is 7.56. The summed E-state index contributed by atoms with van der Waals surface area (Å²) >= 11 is 0. The minimum atomic E-state index is -1.01. The Labute approximate surface area is 124 Å². The molecule has 1 aliphatic heterocycles. The largest absolute Gasteiger partial charge is 0.328 e.